The van der Waals surface area contributed by atoms with Gasteiger partial charge in [-0.1, -0.05) is 13.8 Å². The average Bonchev–Trinajstić information content (AvgIpc) is 2.75. The molecule has 1 aromatic carbocycles. The number of ketones is 1. The maximum atomic E-state index is 13.3. The summed E-state index contributed by atoms with van der Waals surface area (Å²) in [6.07, 6.45) is -0.0653. The van der Waals surface area contributed by atoms with E-state index >= 15 is 0 Å². The average molecular weight is 422 g/mol. The van der Waals surface area contributed by atoms with Gasteiger partial charge in [0.25, 0.3) is 0 Å². The summed E-state index contributed by atoms with van der Waals surface area (Å²) in [4.78, 5) is 21.0. The molecule has 4 nitrogen and oxygen atoms in total. The summed E-state index contributed by atoms with van der Waals surface area (Å²) < 4.78 is 40.0. The van der Waals surface area contributed by atoms with Gasteiger partial charge in [-0.25, -0.2) is 0 Å². The number of fused-ring (bicyclic) bond motifs is 1. The first-order valence-electron chi connectivity index (χ1n) is 10.8. The van der Waals surface area contributed by atoms with Gasteiger partial charge < -0.3 is 9.80 Å². The molecule has 30 heavy (non-hydrogen) atoms. The van der Waals surface area contributed by atoms with E-state index in [-0.39, 0.29) is 11.4 Å². The van der Waals surface area contributed by atoms with Crippen LogP contribution in [0.3, 0.4) is 0 Å². The van der Waals surface area contributed by atoms with Crippen molar-refractivity contribution in [2.24, 2.45) is 5.92 Å². The highest BCUT2D eigenvalue weighted by atomic mass is 19.4. The molecule has 1 aliphatic rings. The van der Waals surface area contributed by atoms with Crippen LogP contribution in [0.2, 0.25) is 0 Å². The Morgan fingerprint density at radius 2 is 1.87 bits per heavy atom. The maximum Gasteiger partial charge on any atom is 0.418 e. The Morgan fingerprint density at radius 1 is 1.17 bits per heavy atom. The van der Waals surface area contributed by atoms with Crippen molar-refractivity contribution >= 4 is 22.4 Å². The van der Waals surface area contributed by atoms with Gasteiger partial charge in [0, 0.05) is 42.7 Å². The quantitative estimate of drug-likeness (QED) is 0.590. The van der Waals surface area contributed by atoms with Crippen LogP contribution in [0.25, 0.3) is 10.9 Å². The van der Waals surface area contributed by atoms with Gasteiger partial charge >= 0.3 is 6.18 Å². The number of anilines is 1. The van der Waals surface area contributed by atoms with E-state index in [0.29, 0.717) is 30.7 Å². The molecule has 0 aliphatic carbocycles. The Bertz CT molecular complexity index is 856. The van der Waals surface area contributed by atoms with E-state index in [0.717, 1.165) is 50.7 Å². The first-order valence-corrected chi connectivity index (χ1v) is 10.8. The van der Waals surface area contributed by atoms with E-state index in [1.807, 2.05) is 0 Å². The summed E-state index contributed by atoms with van der Waals surface area (Å²) >= 11 is 0. The molecule has 1 aromatic heterocycles. The lowest BCUT2D eigenvalue weighted by Gasteiger charge is -2.34. The first-order chi connectivity index (χ1) is 14.3. The number of alkyl halides is 3. The van der Waals surface area contributed by atoms with Crippen molar-refractivity contribution in [2.45, 2.75) is 45.7 Å². The number of piperidine rings is 1. The Kier molecular flexibility index (Phi) is 7.34. The number of aromatic nitrogens is 1. The van der Waals surface area contributed by atoms with Crippen molar-refractivity contribution in [3.63, 3.8) is 0 Å². The summed E-state index contributed by atoms with van der Waals surface area (Å²) in [5.41, 5.74) is 0.0377. The summed E-state index contributed by atoms with van der Waals surface area (Å²) in [6, 6.07) is 6.02. The summed E-state index contributed by atoms with van der Waals surface area (Å²) in [5.74, 6) is 0.373. The molecule has 2 heterocycles. The van der Waals surface area contributed by atoms with Gasteiger partial charge in [0.15, 0.2) is 0 Å². The van der Waals surface area contributed by atoms with Gasteiger partial charge in [-0.15, -0.1) is 0 Å². The van der Waals surface area contributed by atoms with Gasteiger partial charge in [-0.05, 0) is 63.2 Å². The second kappa shape index (κ2) is 9.77. The fourth-order valence-electron chi connectivity index (χ4n) is 4.33. The predicted molar refractivity (Wildman–Crippen MR) is 114 cm³/mol. The summed E-state index contributed by atoms with van der Waals surface area (Å²) in [7, 11) is 0. The van der Waals surface area contributed by atoms with Crippen molar-refractivity contribution in [1.82, 2.24) is 9.88 Å². The number of carbonyl (C=O) groups is 1. The third kappa shape index (κ3) is 5.12. The Hall–Kier alpha value is -2.15. The molecule has 0 atom stereocenters. The number of hydrogen-bond donors (Lipinski definition) is 0. The van der Waals surface area contributed by atoms with Gasteiger partial charge in [-0.2, -0.15) is 13.2 Å². The lowest BCUT2D eigenvalue weighted by Crippen LogP contribution is -2.36. The highest BCUT2D eigenvalue weighted by Crippen LogP contribution is 2.38. The van der Waals surface area contributed by atoms with Crippen LogP contribution in [-0.4, -0.2) is 48.4 Å². The largest absolute Gasteiger partial charge is 0.418 e. The number of rotatable bonds is 8. The second-order valence-corrected chi connectivity index (χ2v) is 7.89. The number of hydrogen-bond acceptors (Lipinski definition) is 4. The molecule has 0 N–H and O–H groups in total. The van der Waals surface area contributed by atoms with Gasteiger partial charge in [-0.3, -0.25) is 9.78 Å². The van der Waals surface area contributed by atoms with Crippen LogP contribution in [-0.2, 0) is 11.0 Å². The minimum absolute atomic E-state index is 0.0166. The van der Waals surface area contributed by atoms with Gasteiger partial charge in [0.1, 0.15) is 5.78 Å². The zero-order valence-corrected chi connectivity index (χ0v) is 17.7. The summed E-state index contributed by atoms with van der Waals surface area (Å²) in [6.45, 7) is 8.53. The van der Waals surface area contributed by atoms with Gasteiger partial charge in [0.05, 0.1) is 11.1 Å². The third-order valence-electron chi connectivity index (χ3n) is 6.13. The number of Topliss-reactive ketones (excluding diaryl/α,β-unsaturated/α-hetero) is 1. The first kappa shape index (κ1) is 22.5. The molecule has 0 amide bonds. The predicted octanol–water partition coefficient (Wildman–Crippen LogP) is 5.16. The lowest BCUT2D eigenvalue weighted by molar-refractivity contribution is -0.136. The fraction of sp³-hybridized carbons (Fsp3) is 0.565. The number of halogens is 3. The molecular formula is C23H30F3N3O. The van der Waals surface area contributed by atoms with Crippen LogP contribution < -0.4 is 4.90 Å². The van der Waals surface area contributed by atoms with Crippen LogP contribution in [0.5, 0.6) is 0 Å². The van der Waals surface area contributed by atoms with E-state index in [4.69, 9.17) is 0 Å². The van der Waals surface area contributed by atoms with Crippen LogP contribution in [0.15, 0.2) is 30.5 Å². The van der Waals surface area contributed by atoms with Crippen LogP contribution in [0.4, 0.5) is 18.9 Å². The van der Waals surface area contributed by atoms with Crippen molar-refractivity contribution in [3.05, 3.63) is 36.0 Å². The van der Waals surface area contributed by atoms with Crippen LogP contribution >= 0.6 is 0 Å². The molecular weight excluding hydrogens is 391 g/mol. The second-order valence-electron chi connectivity index (χ2n) is 7.89. The maximum absolute atomic E-state index is 13.3. The van der Waals surface area contributed by atoms with Gasteiger partial charge in [0.2, 0.25) is 0 Å². The topological polar surface area (TPSA) is 36.4 Å². The monoisotopic (exact) mass is 421 g/mol. The zero-order chi connectivity index (χ0) is 21.7. The highest BCUT2D eigenvalue weighted by molar-refractivity contribution is 5.94. The molecule has 7 heteroatoms. The number of pyridine rings is 1. The number of benzene rings is 1. The smallest absolute Gasteiger partial charge is 0.371 e. The van der Waals surface area contributed by atoms with Crippen LogP contribution in [0.1, 0.15) is 45.1 Å². The minimum Gasteiger partial charge on any atom is -0.371 e. The molecule has 1 aliphatic heterocycles. The van der Waals surface area contributed by atoms with E-state index in [2.05, 4.69) is 28.6 Å². The van der Waals surface area contributed by atoms with E-state index in [1.165, 1.54) is 6.20 Å². The van der Waals surface area contributed by atoms with Crippen molar-refractivity contribution < 1.29 is 18.0 Å². The highest BCUT2D eigenvalue weighted by Gasteiger charge is 2.34. The minimum atomic E-state index is -4.43. The van der Waals surface area contributed by atoms with Crippen molar-refractivity contribution in [2.75, 3.05) is 37.6 Å². The third-order valence-corrected chi connectivity index (χ3v) is 6.13. The van der Waals surface area contributed by atoms with Crippen molar-refractivity contribution in [3.8, 4) is 0 Å². The Morgan fingerprint density at radius 3 is 2.50 bits per heavy atom. The van der Waals surface area contributed by atoms with Crippen molar-refractivity contribution in [1.29, 1.82) is 0 Å². The lowest BCUT2D eigenvalue weighted by atomic mass is 9.89. The standard InChI is InChI=1S/C23H30F3N3O/c1-3-28(4-2)14-6-8-21(30)17-11-15-29(16-12-17)20-10-9-19(23(24,25)26)22-18(20)7-5-13-27-22/h5,7,9-10,13,17H,3-4,6,8,11-12,14-16H2,1-2H3. The molecule has 0 spiro atoms. The van der Waals surface area contributed by atoms with Crippen LogP contribution in [0, 0.1) is 5.92 Å². The molecule has 0 radical (unpaired) electrons. The zero-order valence-electron chi connectivity index (χ0n) is 17.7. The van der Waals surface area contributed by atoms with E-state index in [1.54, 1.807) is 18.2 Å². The SMILES string of the molecule is CCN(CC)CCCC(=O)C1CCN(c2ccc(C(F)(F)F)c3ncccc23)CC1. The fourth-order valence-corrected chi connectivity index (χ4v) is 4.33. The number of carbonyl (C=O) groups excluding carboxylic acids is 1. The normalized spacial score (nSPS) is 15.9. The molecule has 1 fully saturated rings. The van der Waals surface area contributed by atoms with E-state index < -0.39 is 11.7 Å². The molecule has 0 unspecified atom stereocenters. The number of nitrogens with zero attached hydrogens (tertiary/aromatic N) is 3. The Balaban J connectivity index is 1.64. The Labute approximate surface area is 176 Å². The molecule has 3 rings (SSSR count). The molecule has 164 valence electrons. The molecule has 0 bridgehead atoms. The molecule has 0 saturated carbocycles. The summed E-state index contributed by atoms with van der Waals surface area (Å²) in [5, 5.41) is 0.510. The molecule has 2 aromatic rings. The molecule has 1 saturated heterocycles. The van der Waals surface area contributed by atoms with E-state index in [9.17, 15) is 18.0 Å².